The lowest BCUT2D eigenvalue weighted by Gasteiger charge is -2.29. The minimum Gasteiger partial charge on any atom is -0.283 e. The van der Waals surface area contributed by atoms with Gasteiger partial charge < -0.3 is 0 Å². The number of hydrogen-bond acceptors (Lipinski definition) is 3. The van der Waals surface area contributed by atoms with Gasteiger partial charge in [0, 0.05) is 18.1 Å². The number of carbonyl (C=O) groups excluding carboxylic acids is 2. The van der Waals surface area contributed by atoms with Gasteiger partial charge in [-0.05, 0) is 49.6 Å². The Balaban J connectivity index is 1.54. The molecule has 2 aromatic rings. The first kappa shape index (κ1) is 17.3. The number of benzene rings is 2. The molecule has 2 aliphatic heterocycles. The fraction of sp³-hybridized carbons (Fsp3) is 0.238. The van der Waals surface area contributed by atoms with Gasteiger partial charge in [-0.15, -0.1) is 0 Å². The molecule has 0 saturated carbocycles. The monoisotopic (exact) mass is 362 g/mol. The van der Waals surface area contributed by atoms with Gasteiger partial charge >= 0.3 is 6.03 Å². The van der Waals surface area contributed by atoms with E-state index in [9.17, 15) is 9.59 Å². The number of fused-ring (bicyclic) bond motifs is 1. The van der Waals surface area contributed by atoms with Gasteiger partial charge in [-0.25, -0.2) is 4.79 Å². The summed E-state index contributed by atoms with van der Waals surface area (Å²) < 4.78 is 0. The van der Waals surface area contributed by atoms with E-state index in [2.05, 4.69) is 5.43 Å². The molecule has 4 rings (SSSR count). The molecule has 27 heavy (non-hydrogen) atoms. The maximum atomic E-state index is 13.0. The van der Waals surface area contributed by atoms with Crippen LogP contribution in [-0.4, -0.2) is 28.0 Å². The van der Waals surface area contributed by atoms with Crippen molar-refractivity contribution in [2.45, 2.75) is 33.5 Å². The third-order valence-electron chi connectivity index (χ3n) is 5.09. The summed E-state index contributed by atoms with van der Waals surface area (Å²) in [6.45, 7) is 6.48. The maximum Gasteiger partial charge on any atom is 0.340 e. The Hall–Kier alpha value is -3.12. The van der Waals surface area contributed by atoms with Crippen molar-refractivity contribution in [3.8, 4) is 0 Å². The molecule has 0 aliphatic carbocycles. The smallest absolute Gasteiger partial charge is 0.283 e. The van der Waals surface area contributed by atoms with Crippen molar-refractivity contribution in [2.24, 2.45) is 0 Å². The Morgan fingerprint density at radius 3 is 2.37 bits per heavy atom. The highest BCUT2D eigenvalue weighted by Crippen LogP contribution is 2.26. The van der Waals surface area contributed by atoms with E-state index in [1.807, 2.05) is 63.2 Å². The zero-order valence-electron chi connectivity index (χ0n) is 15.6. The van der Waals surface area contributed by atoms with Crippen molar-refractivity contribution in [1.82, 2.24) is 15.3 Å². The Morgan fingerprint density at radius 2 is 1.67 bits per heavy atom. The topological polar surface area (TPSA) is 55.9 Å². The lowest BCUT2D eigenvalue weighted by Crippen LogP contribution is -2.51. The number of anilines is 1. The zero-order valence-corrected chi connectivity index (χ0v) is 15.6. The van der Waals surface area contributed by atoms with Crippen LogP contribution in [0.2, 0.25) is 0 Å². The maximum absolute atomic E-state index is 13.0. The van der Waals surface area contributed by atoms with Crippen LogP contribution in [0.1, 0.15) is 22.3 Å². The van der Waals surface area contributed by atoms with Gasteiger partial charge in [0.1, 0.15) is 0 Å². The predicted molar refractivity (Wildman–Crippen MR) is 103 cm³/mol. The summed E-state index contributed by atoms with van der Waals surface area (Å²) in [5, 5.41) is 1.49. The highest BCUT2D eigenvalue weighted by Gasteiger charge is 2.44. The molecule has 6 nitrogen and oxygen atoms in total. The second-order valence-electron chi connectivity index (χ2n) is 7.07. The first-order chi connectivity index (χ1) is 12.9. The van der Waals surface area contributed by atoms with Crippen molar-refractivity contribution in [1.29, 1.82) is 0 Å². The van der Waals surface area contributed by atoms with Crippen LogP contribution in [0.3, 0.4) is 0 Å². The first-order valence-corrected chi connectivity index (χ1v) is 8.94. The minimum atomic E-state index is -0.727. The van der Waals surface area contributed by atoms with Gasteiger partial charge in [-0.3, -0.25) is 19.6 Å². The van der Waals surface area contributed by atoms with Crippen LogP contribution in [0.25, 0.3) is 0 Å². The number of hydrazine groups is 1. The van der Waals surface area contributed by atoms with Crippen LogP contribution in [-0.2, 0) is 11.3 Å². The van der Waals surface area contributed by atoms with E-state index in [1.165, 1.54) is 21.0 Å². The molecule has 0 radical (unpaired) electrons. The highest BCUT2D eigenvalue weighted by atomic mass is 16.2. The lowest BCUT2D eigenvalue weighted by atomic mass is 10.1. The number of urea groups is 1. The quantitative estimate of drug-likeness (QED) is 0.912. The first-order valence-electron chi connectivity index (χ1n) is 8.94. The molecule has 2 heterocycles. The van der Waals surface area contributed by atoms with Crippen LogP contribution in [0, 0.1) is 20.8 Å². The fourth-order valence-electron chi connectivity index (χ4n) is 3.26. The number of nitrogens with zero attached hydrogens (tertiary/aromatic N) is 3. The van der Waals surface area contributed by atoms with Crippen LogP contribution in [0.15, 0.2) is 54.9 Å². The normalized spacial score (nSPS) is 19.1. The third kappa shape index (κ3) is 3.08. The van der Waals surface area contributed by atoms with Crippen molar-refractivity contribution >= 4 is 17.6 Å². The van der Waals surface area contributed by atoms with E-state index in [4.69, 9.17) is 0 Å². The van der Waals surface area contributed by atoms with Gasteiger partial charge in [-0.2, -0.15) is 5.43 Å². The van der Waals surface area contributed by atoms with Crippen LogP contribution in [0.4, 0.5) is 10.5 Å². The molecule has 1 atom stereocenters. The Kier molecular flexibility index (Phi) is 4.20. The summed E-state index contributed by atoms with van der Waals surface area (Å²) >= 11 is 0. The van der Waals surface area contributed by atoms with Crippen molar-refractivity contribution < 1.29 is 9.59 Å². The summed E-state index contributed by atoms with van der Waals surface area (Å²) in [4.78, 5) is 28.7. The van der Waals surface area contributed by atoms with Gasteiger partial charge in [0.15, 0.2) is 6.17 Å². The fourth-order valence-corrected chi connectivity index (χ4v) is 3.26. The molecular weight excluding hydrogens is 340 g/mol. The second kappa shape index (κ2) is 6.55. The lowest BCUT2D eigenvalue weighted by molar-refractivity contribution is -0.122. The summed E-state index contributed by atoms with van der Waals surface area (Å²) in [6, 6.07) is 13.7. The summed E-state index contributed by atoms with van der Waals surface area (Å²) in [5.74, 6) is -0.180. The van der Waals surface area contributed by atoms with Crippen molar-refractivity contribution in [3.05, 3.63) is 77.1 Å². The van der Waals surface area contributed by atoms with Crippen molar-refractivity contribution in [2.75, 3.05) is 4.90 Å². The molecule has 3 amide bonds. The molecule has 2 aromatic carbocycles. The molecule has 0 spiro atoms. The average molecular weight is 362 g/mol. The second-order valence-corrected chi connectivity index (χ2v) is 7.07. The van der Waals surface area contributed by atoms with E-state index in [0.29, 0.717) is 6.54 Å². The number of nitrogens with one attached hydrogen (secondary N) is 1. The molecule has 2 aliphatic rings. The van der Waals surface area contributed by atoms with E-state index >= 15 is 0 Å². The van der Waals surface area contributed by atoms with Crippen LogP contribution < -0.4 is 10.3 Å². The molecule has 1 fully saturated rings. The van der Waals surface area contributed by atoms with Crippen LogP contribution in [0.5, 0.6) is 0 Å². The number of amides is 3. The van der Waals surface area contributed by atoms with Gasteiger partial charge in [0.25, 0.3) is 5.91 Å². The number of hydrogen-bond donors (Lipinski definition) is 1. The molecule has 0 bridgehead atoms. The summed E-state index contributed by atoms with van der Waals surface area (Å²) in [5.41, 5.74) is 8.31. The zero-order chi connectivity index (χ0) is 19.1. The Labute approximate surface area is 158 Å². The minimum absolute atomic E-state index is 0.180. The Morgan fingerprint density at radius 1 is 0.926 bits per heavy atom. The van der Waals surface area contributed by atoms with E-state index < -0.39 is 6.17 Å². The van der Waals surface area contributed by atoms with E-state index in [-0.39, 0.29) is 11.9 Å². The van der Waals surface area contributed by atoms with Gasteiger partial charge in [-0.1, -0.05) is 35.9 Å². The molecule has 1 N–H and O–H groups in total. The number of carbonyl (C=O) groups is 2. The number of rotatable bonds is 3. The number of aryl methyl sites for hydroxylation is 3. The molecule has 6 heteroatoms. The standard InChI is InChI=1S/C21H22N4O2/c1-14-4-7-17(8-5-14)13-25-21(27)24-11-10-23(20(26)19(24)22-25)18-9-6-15(2)16(3)12-18/h4-12,19,22H,13H2,1-3H3. The molecule has 138 valence electrons. The van der Waals surface area contributed by atoms with Gasteiger partial charge in [0.2, 0.25) is 0 Å². The average Bonchev–Trinajstić information content (AvgIpc) is 2.97. The predicted octanol–water partition coefficient (Wildman–Crippen LogP) is 3.20. The Bertz CT molecular complexity index is 936. The SMILES string of the molecule is Cc1ccc(CN2NC3C(=O)N(c4ccc(C)c(C)c4)C=CN3C2=O)cc1. The van der Waals surface area contributed by atoms with Gasteiger partial charge in [0.05, 0.1) is 6.54 Å². The summed E-state index contributed by atoms with van der Waals surface area (Å²) in [7, 11) is 0. The molecule has 0 aromatic heterocycles. The molecule has 1 unspecified atom stereocenters. The molecular formula is C21H22N4O2. The highest BCUT2D eigenvalue weighted by molar-refractivity contribution is 6.03. The van der Waals surface area contributed by atoms with Crippen LogP contribution >= 0.6 is 0 Å². The molecule has 1 saturated heterocycles. The van der Waals surface area contributed by atoms with E-state index in [1.54, 1.807) is 17.3 Å². The van der Waals surface area contributed by atoms with Crippen molar-refractivity contribution in [3.63, 3.8) is 0 Å². The third-order valence-corrected chi connectivity index (χ3v) is 5.09. The largest absolute Gasteiger partial charge is 0.340 e. The van der Waals surface area contributed by atoms with E-state index in [0.717, 1.165) is 16.8 Å². The summed E-state index contributed by atoms with van der Waals surface area (Å²) in [6.07, 6.45) is 2.58.